The summed E-state index contributed by atoms with van der Waals surface area (Å²) in [5.41, 5.74) is 3.72. The Bertz CT molecular complexity index is 993. The number of benzene rings is 2. The zero-order valence-electron chi connectivity index (χ0n) is 12.8. The number of H-pyrrole nitrogens is 1. The molecule has 2 aromatic carbocycles. The van der Waals surface area contributed by atoms with E-state index < -0.39 is 0 Å². The Morgan fingerprint density at radius 2 is 1.65 bits per heavy atom. The number of pyridine rings is 1. The van der Waals surface area contributed by atoms with Crippen LogP contribution in [0.2, 0.25) is 0 Å². The molecule has 0 amide bonds. The third kappa shape index (κ3) is 2.09. The fraction of sp³-hybridized carbons (Fsp3) is 0.111. The fourth-order valence-corrected chi connectivity index (χ4v) is 2.81. The zero-order chi connectivity index (χ0) is 15.8. The Kier molecular flexibility index (Phi) is 3.12. The van der Waals surface area contributed by atoms with E-state index in [2.05, 4.69) is 15.2 Å². The lowest BCUT2D eigenvalue weighted by Crippen LogP contribution is -1.92. The van der Waals surface area contributed by atoms with Crippen LogP contribution in [-0.2, 0) is 0 Å². The SMILES string of the molecule is COc1cc2ncc3c(-c4ccccc4)n[nH]c3c2cc1OC. The van der Waals surface area contributed by atoms with E-state index >= 15 is 0 Å². The van der Waals surface area contributed by atoms with Crippen molar-refractivity contribution in [3.05, 3.63) is 48.7 Å². The number of aromatic amines is 1. The number of nitrogens with zero attached hydrogens (tertiary/aromatic N) is 2. The molecule has 5 nitrogen and oxygen atoms in total. The third-order valence-corrected chi connectivity index (χ3v) is 3.96. The number of fused-ring (bicyclic) bond motifs is 3. The molecule has 0 aliphatic carbocycles. The molecule has 0 saturated carbocycles. The minimum absolute atomic E-state index is 0.662. The molecule has 4 aromatic rings. The second-order valence-electron chi connectivity index (χ2n) is 5.21. The lowest BCUT2D eigenvalue weighted by atomic mass is 10.1. The van der Waals surface area contributed by atoms with Crippen molar-refractivity contribution in [1.82, 2.24) is 15.2 Å². The van der Waals surface area contributed by atoms with E-state index in [1.165, 1.54) is 0 Å². The highest BCUT2D eigenvalue weighted by atomic mass is 16.5. The number of nitrogens with one attached hydrogen (secondary N) is 1. The van der Waals surface area contributed by atoms with Crippen molar-refractivity contribution in [2.45, 2.75) is 0 Å². The molecule has 23 heavy (non-hydrogen) atoms. The lowest BCUT2D eigenvalue weighted by Gasteiger charge is -2.09. The Hall–Kier alpha value is -3.08. The summed E-state index contributed by atoms with van der Waals surface area (Å²) < 4.78 is 10.7. The van der Waals surface area contributed by atoms with Crippen LogP contribution in [0.4, 0.5) is 0 Å². The van der Waals surface area contributed by atoms with Crippen molar-refractivity contribution in [3.63, 3.8) is 0 Å². The molecule has 5 heteroatoms. The second kappa shape index (κ2) is 5.28. The molecule has 0 aliphatic heterocycles. The maximum atomic E-state index is 5.40. The quantitative estimate of drug-likeness (QED) is 0.625. The van der Waals surface area contributed by atoms with Crippen molar-refractivity contribution in [3.8, 4) is 22.8 Å². The van der Waals surface area contributed by atoms with Gasteiger partial charge in [0.25, 0.3) is 0 Å². The van der Waals surface area contributed by atoms with Crippen molar-refractivity contribution in [2.75, 3.05) is 14.2 Å². The van der Waals surface area contributed by atoms with Gasteiger partial charge in [0.2, 0.25) is 0 Å². The van der Waals surface area contributed by atoms with Crippen LogP contribution in [0.25, 0.3) is 33.1 Å². The van der Waals surface area contributed by atoms with Crippen LogP contribution in [0, 0.1) is 0 Å². The molecule has 0 spiro atoms. The van der Waals surface area contributed by atoms with Gasteiger partial charge in [-0.15, -0.1) is 0 Å². The molecule has 2 heterocycles. The topological polar surface area (TPSA) is 60.0 Å². The molecule has 2 aromatic heterocycles. The summed E-state index contributed by atoms with van der Waals surface area (Å²) in [4.78, 5) is 4.56. The number of hydrogen-bond donors (Lipinski definition) is 1. The summed E-state index contributed by atoms with van der Waals surface area (Å²) in [6.07, 6.45) is 1.84. The van der Waals surface area contributed by atoms with Gasteiger partial charge < -0.3 is 9.47 Å². The van der Waals surface area contributed by atoms with E-state index in [0.717, 1.165) is 33.1 Å². The standard InChI is InChI=1S/C18H15N3O2/c1-22-15-8-12-14(9-16(15)23-2)19-10-13-17(20-21-18(12)13)11-6-4-3-5-7-11/h3-10H,1-2H3,(H,20,21). The van der Waals surface area contributed by atoms with E-state index in [4.69, 9.17) is 9.47 Å². The molecule has 1 N–H and O–H groups in total. The maximum absolute atomic E-state index is 5.40. The van der Waals surface area contributed by atoms with Gasteiger partial charge >= 0.3 is 0 Å². The van der Waals surface area contributed by atoms with Crippen LogP contribution < -0.4 is 9.47 Å². The first-order valence-electron chi connectivity index (χ1n) is 7.26. The van der Waals surface area contributed by atoms with Gasteiger partial charge in [0.15, 0.2) is 11.5 Å². The molecular formula is C18H15N3O2. The van der Waals surface area contributed by atoms with Crippen molar-refractivity contribution in [1.29, 1.82) is 0 Å². The molecule has 0 saturated heterocycles. The molecule has 0 unspecified atom stereocenters. The highest BCUT2D eigenvalue weighted by Crippen LogP contribution is 2.36. The lowest BCUT2D eigenvalue weighted by molar-refractivity contribution is 0.356. The summed E-state index contributed by atoms with van der Waals surface area (Å²) in [5, 5.41) is 9.54. The average Bonchev–Trinajstić information content (AvgIpc) is 3.05. The largest absolute Gasteiger partial charge is 0.493 e. The minimum Gasteiger partial charge on any atom is -0.493 e. The van der Waals surface area contributed by atoms with E-state index in [1.807, 2.05) is 48.7 Å². The van der Waals surface area contributed by atoms with Crippen molar-refractivity contribution in [2.24, 2.45) is 0 Å². The van der Waals surface area contributed by atoms with E-state index in [0.29, 0.717) is 11.5 Å². The highest BCUT2D eigenvalue weighted by molar-refractivity contribution is 6.08. The summed E-state index contributed by atoms with van der Waals surface area (Å²) in [6, 6.07) is 13.9. The Morgan fingerprint density at radius 3 is 2.39 bits per heavy atom. The minimum atomic E-state index is 0.662. The Balaban J connectivity index is 2.01. The van der Waals surface area contributed by atoms with Gasteiger partial charge in [-0.05, 0) is 6.07 Å². The molecule has 0 radical (unpaired) electrons. The summed E-state index contributed by atoms with van der Waals surface area (Å²) >= 11 is 0. The molecule has 0 bridgehead atoms. The summed E-state index contributed by atoms with van der Waals surface area (Å²) in [7, 11) is 3.24. The van der Waals surface area contributed by atoms with Gasteiger partial charge in [-0.1, -0.05) is 30.3 Å². The van der Waals surface area contributed by atoms with Crippen LogP contribution in [0.3, 0.4) is 0 Å². The maximum Gasteiger partial charge on any atom is 0.162 e. The summed E-state index contributed by atoms with van der Waals surface area (Å²) in [5.74, 6) is 1.33. The monoisotopic (exact) mass is 305 g/mol. The Labute approximate surface area is 132 Å². The predicted molar refractivity (Wildman–Crippen MR) is 89.9 cm³/mol. The molecule has 4 rings (SSSR count). The van der Waals surface area contributed by atoms with E-state index in [1.54, 1.807) is 14.2 Å². The normalized spacial score (nSPS) is 11.0. The second-order valence-corrected chi connectivity index (χ2v) is 5.21. The molecule has 0 atom stereocenters. The first-order valence-corrected chi connectivity index (χ1v) is 7.26. The highest BCUT2D eigenvalue weighted by Gasteiger charge is 2.14. The zero-order valence-corrected chi connectivity index (χ0v) is 12.8. The summed E-state index contributed by atoms with van der Waals surface area (Å²) in [6.45, 7) is 0. The van der Waals surface area contributed by atoms with E-state index in [-0.39, 0.29) is 0 Å². The molecule has 0 fully saturated rings. The van der Waals surface area contributed by atoms with Crippen LogP contribution in [0.1, 0.15) is 0 Å². The van der Waals surface area contributed by atoms with Gasteiger partial charge in [0, 0.05) is 28.6 Å². The van der Waals surface area contributed by atoms with Gasteiger partial charge in [-0.3, -0.25) is 10.1 Å². The number of ether oxygens (including phenoxy) is 2. The fourth-order valence-electron chi connectivity index (χ4n) is 2.81. The van der Waals surface area contributed by atoms with Crippen LogP contribution in [-0.4, -0.2) is 29.4 Å². The van der Waals surface area contributed by atoms with Crippen LogP contribution in [0.5, 0.6) is 11.5 Å². The molecule has 114 valence electrons. The van der Waals surface area contributed by atoms with Crippen LogP contribution >= 0.6 is 0 Å². The Morgan fingerprint density at radius 1 is 0.913 bits per heavy atom. The van der Waals surface area contributed by atoms with Gasteiger partial charge in [-0.25, -0.2) is 0 Å². The molecular weight excluding hydrogens is 290 g/mol. The number of aromatic nitrogens is 3. The third-order valence-electron chi connectivity index (χ3n) is 3.96. The van der Waals surface area contributed by atoms with Gasteiger partial charge in [0.05, 0.1) is 25.3 Å². The van der Waals surface area contributed by atoms with Gasteiger partial charge in [0.1, 0.15) is 5.69 Å². The van der Waals surface area contributed by atoms with E-state index in [9.17, 15) is 0 Å². The molecule has 0 aliphatic rings. The smallest absolute Gasteiger partial charge is 0.162 e. The number of rotatable bonds is 3. The van der Waals surface area contributed by atoms with Gasteiger partial charge in [-0.2, -0.15) is 5.10 Å². The predicted octanol–water partition coefficient (Wildman–Crippen LogP) is 3.80. The van der Waals surface area contributed by atoms with Crippen molar-refractivity contribution < 1.29 is 9.47 Å². The first-order chi connectivity index (χ1) is 11.3. The van der Waals surface area contributed by atoms with Crippen molar-refractivity contribution >= 4 is 21.8 Å². The number of methoxy groups -OCH3 is 2. The van der Waals surface area contributed by atoms with Crippen LogP contribution in [0.15, 0.2) is 48.7 Å². The number of hydrogen-bond acceptors (Lipinski definition) is 4. The average molecular weight is 305 g/mol. The first kappa shape index (κ1) is 13.6.